The van der Waals surface area contributed by atoms with Gasteiger partial charge in [0.15, 0.2) is 0 Å². The molecule has 2 heterocycles. The van der Waals surface area contributed by atoms with E-state index in [2.05, 4.69) is 11.5 Å². The molecule has 2 aliphatic rings. The molecule has 1 aliphatic carbocycles. The molecule has 1 aliphatic heterocycles. The number of aromatic nitrogens is 1. The molecule has 0 N–H and O–H groups in total. The molecule has 4 heteroatoms. The fraction of sp³-hybridized carbons (Fsp3) is 0.476. The standard InChI is InChI=1S/C21H25FN2O/c1-15-17-9-3-5-11-19(17)24(14-16-8-2-4-10-18(16)22)20(15)21(25)23-12-6-7-13-23/h2,4,8,10H,3,5-7,9,11-14H2,1H3. The van der Waals surface area contributed by atoms with Gasteiger partial charge in [-0.15, -0.1) is 0 Å². The van der Waals surface area contributed by atoms with E-state index in [-0.39, 0.29) is 11.7 Å². The van der Waals surface area contributed by atoms with E-state index >= 15 is 0 Å². The number of rotatable bonds is 3. The van der Waals surface area contributed by atoms with Crippen LogP contribution in [0.4, 0.5) is 4.39 Å². The minimum absolute atomic E-state index is 0.126. The van der Waals surface area contributed by atoms with Crippen molar-refractivity contribution in [1.29, 1.82) is 0 Å². The van der Waals surface area contributed by atoms with Crippen LogP contribution in [0.5, 0.6) is 0 Å². The van der Waals surface area contributed by atoms with Gasteiger partial charge in [-0.3, -0.25) is 4.79 Å². The molecule has 3 nitrogen and oxygen atoms in total. The van der Waals surface area contributed by atoms with Crippen molar-refractivity contribution in [3.63, 3.8) is 0 Å². The Morgan fingerprint density at radius 3 is 2.56 bits per heavy atom. The van der Waals surface area contributed by atoms with E-state index in [1.807, 2.05) is 17.0 Å². The highest BCUT2D eigenvalue weighted by Gasteiger charge is 2.30. The SMILES string of the molecule is Cc1c2c(n(Cc3ccccc3F)c1C(=O)N1CCCC1)CCCC2. The highest BCUT2D eigenvalue weighted by atomic mass is 19.1. The monoisotopic (exact) mass is 340 g/mol. The molecular weight excluding hydrogens is 315 g/mol. The molecule has 2 aromatic rings. The summed E-state index contributed by atoms with van der Waals surface area (Å²) in [6.07, 6.45) is 6.50. The number of hydrogen-bond donors (Lipinski definition) is 0. The van der Waals surface area contributed by atoms with Crippen LogP contribution in [-0.4, -0.2) is 28.5 Å². The van der Waals surface area contributed by atoms with Gasteiger partial charge in [0, 0.05) is 24.3 Å². The number of fused-ring (bicyclic) bond motifs is 1. The molecule has 25 heavy (non-hydrogen) atoms. The largest absolute Gasteiger partial charge is 0.337 e. The third-order valence-corrected chi connectivity index (χ3v) is 5.72. The summed E-state index contributed by atoms with van der Waals surface area (Å²) in [5.74, 6) is -0.0706. The summed E-state index contributed by atoms with van der Waals surface area (Å²) >= 11 is 0. The zero-order valence-corrected chi connectivity index (χ0v) is 14.9. The summed E-state index contributed by atoms with van der Waals surface area (Å²) in [6, 6.07) is 6.90. The van der Waals surface area contributed by atoms with Gasteiger partial charge in [-0.25, -0.2) is 4.39 Å². The van der Waals surface area contributed by atoms with Gasteiger partial charge in [-0.2, -0.15) is 0 Å². The van der Waals surface area contributed by atoms with Crippen molar-refractivity contribution in [2.24, 2.45) is 0 Å². The number of amides is 1. The molecule has 1 amide bonds. The number of hydrogen-bond acceptors (Lipinski definition) is 1. The van der Waals surface area contributed by atoms with Crippen LogP contribution in [-0.2, 0) is 19.4 Å². The quantitative estimate of drug-likeness (QED) is 0.826. The average molecular weight is 340 g/mol. The van der Waals surface area contributed by atoms with Crippen LogP contribution in [0, 0.1) is 12.7 Å². The summed E-state index contributed by atoms with van der Waals surface area (Å²) in [5.41, 5.74) is 5.13. The molecule has 132 valence electrons. The molecule has 0 radical (unpaired) electrons. The molecular formula is C21H25FN2O. The number of likely N-dealkylation sites (tertiary alicyclic amines) is 1. The Balaban J connectivity index is 1.80. The van der Waals surface area contributed by atoms with Crippen LogP contribution in [0.25, 0.3) is 0 Å². The molecule has 1 saturated heterocycles. The van der Waals surface area contributed by atoms with Crippen molar-refractivity contribution in [2.75, 3.05) is 13.1 Å². The minimum atomic E-state index is -0.196. The lowest BCUT2D eigenvalue weighted by atomic mass is 9.95. The van der Waals surface area contributed by atoms with Crippen molar-refractivity contribution < 1.29 is 9.18 Å². The number of carbonyl (C=O) groups excluding carboxylic acids is 1. The molecule has 1 aromatic carbocycles. The summed E-state index contributed by atoms with van der Waals surface area (Å²) in [6.45, 7) is 4.20. The van der Waals surface area contributed by atoms with Crippen LogP contribution in [0.3, 0.4) is 0 Å². The summed E-state index contributed by atoms with van der Waals surface area (Å²) in [4.78, 5) is 15.2. The lowest BCUT2D eigenvalue weighted by Crippen LogP contribution is -2.30. The molecule has 0 atom stereocenters. The first-order valence-corrected chi connectivity index (χ1v) is 9.40. The van der Waals surface area contributed by atoms with Crippen molar-refractivity contribution in [3.8, 4) is 0 Å². The first kappa shape index (κ1) is 16.4. The molecule has 1 fully saturated rings. The second kappa shape index (κ2) is 6.66. The van der Waals surface area contributed by atoms with Gasteiger partial charge in [0.2, 0.25) is 0 Å². The van der Waals surface area contributed by atoms with E-state index in [0.717, 1.165) is 56.5 Å². The third-order valence-electron chi connectivity index (χ3n) is 5.72. The Bertz CT molecular complexity index is 802. The Kier molecular flexibility index (Phi) is 4.36. The lowest BCUT2D eigenvalue weighted by Gasteiger charge is -2.20. The van der Waals surface area contributed by atoms with E-state index < -0.39 is 0 Å². The Labute approximate surface area is 148 Å². The van der Waals surface area contributed by atoms with Crippen LogP contribution < -0.4 is 0 Å². The fourth-order valence-electron chi connectivity index (χ4n) is 4.39. The molecule has 1 aromatic heterocycles. The van der Waals surface area contributed by atoms with E-state index in [4.69, 9.17) is 0 Å². The van der Waals surface area contributed by atoms with Crippen LogP contribution in [0.2, 0.25) is 0 Å². The number of carbonyl (C=O) groups is 1. The number of benzene rings is 1. The van der Waals surface area contributed by atoms with Gasteiger partial charge in [0.05, 0.1) is 6.54 Å². The number of nitrogens with zero attached hydrogens (tertiary/aromatic N) is 2. The van der Waals surface area contributed by atoms with Crippen molar-refractivity contribution >= 4 is 5.91 Å². The van der Waals surface area contributed by atoms with Gasteiger partial charge < -0.3 is 9.47 Å². The summed E-state index contributed by atoms with van der Waals surface area (Å²) in [5, 5.41) is 0. The van der Waals surface area contributed by atoms with Gasteiger partial charge in [0.25, 0.3) is 5.91 Å². The van der Waals surface area contributed by atoms with Crippen LogP contribution in [0.1, 0.15) is 58.6 Å². The lowest BCUT2D eigenvalue weighted by molar-refractivity contribution is 0.0781. The highest BCUT2D eigenvalue weighted by molar-refractivity contribution is 5.95. The summed E-state index contributed by atoms with van der Waals surface area (Å²) in [7, 11) is 0. The van der Waals surface area contributed by atoms with Crippen LogP contribution in [0.15, 0.2) is 24.3 Å². The maximum absolute atomic E-state index is 14.2. The zero-order valence-electron chi connectivity index (χ0n) is 14.9. The first-order valence-electron chi connectivity index (χ1n) is 9.40. The fourth-order valence-corrected chi connectivity index (χ4v) is 4.39. The smallest absolute Gasteiger partial charge is 0.270 e. The normalized spacial score (nSPS) is 17.0. The van der Waals surface area contributed by atoms with Crippen molar-refractivity contribution in [2.45, 2.75) is 52.0 Å². The van der Waals surface area contributed by atoms with E-state index in [0.29, 0.717) is 12.1 Å². The zero-order chi connectivity index (χ0) is 17.4. The number of halogens is 1. The summed E-state index contributed by atoms with van der Waals surface area (Å²) < 4.78 is 16.4. The second-order valence-corrected chi connectivity index (χ2v) is 7.28. The maximum atomic E-state index is 14.2. The molecule has 0 spiro atoms. The predicted octanol–water partition coefficient (Wildman–Crippen LogP) is 4.10. The van der Waals surface area contributed by atoms with E-state index in [1.165, 1.54) is 23.7 Å². The topological polar surface area (TPSA) is 25.2 Å². The van der Waals surface area contributed by atoms with Crippen molar-refractivity contribution in [3.05, 3.63) is 58.2 Å². The molecule has 0 saturated carbocycles. The van der Waals surface area contributed by atoms with Gasteiger partial charge in [0.1, 0.15) is 11.5 Å². The molecule has 4 rings (SSSR count). The predicted molar refractivity (Wildman–Crippen MR) is 96.5 cm³/mol. The third kappa shape index (κ3) is 2.88. The van der Waals surface area contributed by atoms with E-state index in [9.17, 15) is 9.18 Å². The van der Waals surface area contributed by atoms with Crippen molar-refractivity contribution in [1.82, 2.24) is 9.47 Å². The second-order valence-electron chi connectivity index (χ2n) is 7.28. The van der Waals surface area contributed by atoms with Gasteiger partial charge in [-0.05, 0) is 62.6 Å². The minimum Gasteiger partial charge on any atom is -0.337 e. The Morgan fingerprint density at radius 2 is 1.80 bits per heavy atom. The molecule has 0 bridgehead atoms. The van der Waals surface area contributed by atoms with Crippen LogP contribution >= 0.6 is 0 Å². The van der Waals surface area contributed by atoms with Gasteiger partial charge >= 0.3 is 0 Å². The molecule has 0 unspecified atom stereocenters. The average Bonchev–Trinajstić information content (AvgIpc) is 3.25. The Hall–Kier alpha value is -2.10. The highest BCUT2D eigenvalue weighted by Crippen LogP contribution is 2.32. The van der Waals surface area contributed by atoms with Gasteiger partial charge in [-0.1, -0.05) is 18.2 Å². The Morgan fingerprint density at radius 1 is 1.08 bits per heavy atom. The van der Waals surface area contributed by atoms with E-state index in [1.54, 1.807) is 6.07 Å². The maximum Gasteiger partial charge on any atom is 0.270 e. The first-order chi connectivity index (χ1) is 12.2.